The van der Waals surface area contributed by atoms with Crippen molar-refractivity contribution in [3.63, 3.8) is 0 Å². The molecule has 5 fully saturated rings. The summed E-state index contributed by atoms with van der Waals surface area (Å²) >= 11 is 0. The molecule has 0 bridgehead atoms. The quantitative estimate of drug-likeness (QED) is 0.303. The molecule has 1 saturated heterocycles. The lowest BCUT2D eigenvalue weighted by Gasteiger charge is -2.62. The van der Waals surface area contributed by atoms with Crippen LogP contribution in [0.1, 0.15) is 91.4 Å². The summed E-state index contributed by atoms with van der Waals surface area (Å²) in [6.45, 7) is 14.4. The second-order valence-corrected chi connectivity index (χ2v) is 16.8. The number of piperazine rings is 1. The van der Waals surface area contributed by atoms with Gasteiger partial charge in [-0.3, -0.25) is 4.79 Å². The Morgan fingerprint density at radius 3 is 2.33 bits per heavy atom. The van der Waals surface area contributed by atoms with E-state index in [1.165, 1.54) is 51.9 Å². The maximum absolute atomic E-state index is 12.8. The predicted octanol–water partition coefficient (Wildman–Crippen LogP) is 4.44. The zero-order chi connectivity index (χ0) is 28.9. The van der Waals surface area contributed by atoms with Crippen LogP contribution in [0.5, 0.6) is 0 Å². The van der Waals surface area contributed by atoms with Gasteiger partial charge in [0.15, 0.2) is 0 Å². The van der Waals surface area contributed by atoms with E-state index in [2.05, 4.69) is 47.2 Å². The van der Waals surface area contributed by atoms with Gasteiger partial charge >= 0.3 is 0 Å². The van der Waals surface area contributed by atoms with Crippen molar-refractivity contribution in [3.05, 3.63) is 0 Å². The van der Waals surface area contributed by atoms with Crippen molar-refractivity contribution in [2.24, 2.45) is 46.3 Å². The summed E-state index contributed by atoms with van der Waals surface area (Å²) < 4.78 is 2.28. The third-order valence-electron chi connectivity index (χ3n) is 13.9. The van der Waals surface area contributed by atoms with Crippen LogP contribution in [0, 0.1) is 46.3 Å². The molecule has 0 aromatic rings. The average molecular weight is 562 g/mol. The highest BCUT2D eigenvalue weighted by Gasteiger charge is 2.62. The normalized spacial score (nSPS) is 44.6. The fraction of sp³-hybridized carbons (Fsp3) is 0.971. The summed E-state index contributed by atoms with van der Waals surface area (Å²) in [4.78, 5) is 12.8. The maximum Gasteiger partial charge on any atom is 0.220 e. The molecule has 230 valence electrons. The molecule has 1 amide bonds. The van der Waals surface area contributed by atoms with E-state index in [1.807, 2.05) is 0 Å². The van der Waals surface area contributed by atoms with Crippen molar-refractivity contribution in [1.29, 1.82) is 0 Å². The molecule has 6 nitrogen and oxygen atoms in total. The first-order valence-corrected chi connectivity index (χ1v) is 17.0. The van der Waals surface area contributed by atoms with E-state index < -0.39 is 0 Å². The molecule has 0 aromatic carbocycles. The first-order chi connectivity index (χ1) is 18.8. The number of likely N-dealkylation sites (N-methyl/N-ethyl adjacent to an activating group) is 2. The maximum atomic E-state index is 12.8. The van der Waals surface area contributed by atoms with E-state index >= 15 is 0 Å². The molecule has 10 atom stereocenters. The molecule has 1 heterocycles. The third-order valence-corrected chi connectivity index (χ3v) is 13.9. The molecule has 3 N–H and O–H groups in total. The summed E-state index contributed by atoms with van der Waals surface area (Å²) in [6, 6.07) is 0. The van der Waals surface area contributed by atoms with Crippen LogP contribution in [-0.4, -0.2) is 97.7 Å². The standard InChI is InChI=1S/C34H62N3O3/c1-24(8-11-31(40)35-16-7-17-37(6)20-18-36(4,5)19-21-37)27-9-10-28-32-29(13-15-34(27,28)3)33(2)14-12-26(38)22-25(33)23-30(32)39/h24-30,32,38-39H,7-23H2,1-6H3/q+1/p+1/t24-,25+,26-,27-,28+,29+,30-,32+,33+,34-/m1/s1. The number of aliphatic hydroxyl groups excluding tert-OH is 2. The number of rotatable bonds is 8. The highest BCUT2D eigenvalue weighted by molar-refractivity contribution is 5.75. The van der Waals surface area contributed by atoms with E-state index in [0.717, 1.165) is 60.6 Å². The summed E-state index contributed by atoms with van der Waals surface area (Å²) in [7, 11) is 7.05. The van der Waals surface area contributed by atoms with Gasteiger partial charge in [-0.25, -0.2) is 0 Å². The smallest absolute Gasteiger partial charge is 0.220 e. The predicted molar refractivity (Wildman–Crippen MR) is 161 cm³/mol. The highest BCUT2D eigenvalue weighted by Crippen LogP contribution is 2.68. The Hall–Kier alpha value is -0.690. The zero-order valence-electron chi connectivity index (χ0n) is 26.8. The Balaban J connectivity index is 1.09. The molecular formula is C34H63N3O3+2. The molecule has 0 aromatic heterocycles. The molecule has 0 radical (unpaired) electrons. The number of quaternary nitrogens is 2. The Kier molecular flexibility index (Phi) is 8.79. The van der Waals surface area contributed by atoms with E-state index in [0.29, 0.717) is 41.9 Å². The molecule has 40 heavy (non-hydrogen) atoms. The van der Waals surface area contributed by atoms with Crippen molar-refractivity contribution >= 4 is 5.91 Å². The lowest BCUT2D eigenvalue weighted by atomic mass is 9.43. The van der Waals surface area contributed by atoms with E-state index in [1.54, 1.807) is 0 Å². The fourth-order valence-electron chi connectivity index (χ4n) is 11.0. The number of aliphatic hydroxyl groups is 2. The Labute approximate surface area is 245 Å². The van der Waals surface area contributed by atoms with Crippen LogP contribution < -0.4 is 5.32 Å². The van der Waals surface area contributed by atoms with Gasteiger partial charge in [0, 0.05) is 19.4 Å². The van der Waals surface area contributed by atoms with Gasteiger partial charge in [-0.15, -0.1) is 0 Å². The van der Waals surface area contributed by atoms with Crippen LogP contribution in [-0.2, 0) is 4.79 Å². The van der Waals surface area contributed by atoms with Gasteiger partial charge in [-0.05, 0) is 104 Å². The fourth-order valence-corrected chi connectivity index (χ4v) is 11.0. The van der Waals surface area contributed by atoms with E-state index in [-0.39, 0.29) is 28.9 Å². The van der Waals surface area contributed by atoms with Gasteiger partial charge in [0.05, 0.1) is 39.9 Å². The van der Waals surface area contributed by atoms with Crippen LogP contribution in [0.25, 0.3) is 0 Å². The van der Waals surface area contributed by atoms with Gasteiger partial charge in [-0.1, -0.05) is 20.8 Å². The SMILES string of the molecule is C[C@H](CCC(=O)NCCC[N+]1(C)CC[N+](C)(C)CC1)[C@H]1CC[C@H]2[C@@H]3[C@H](O)C[C@@H]4C[C@H](O)CC[C@]4(C)[C@H]3CC[C@]12C. The van der Waals surface area contributed by atoms with Crippen molar-refractivity contribution < 1.29 is 24.0 Å². The number of fused-ring (bicyclic) bond motifs is 5. The van der Waals surface area contributed by atoms with E-state index in [9.17, 15) is 15.0 Å². The van der Waals surface area contributed by atoms with Crippen LogP contribution in [0.2, 0.25) is 0 Å². The van der Waals surface area contributed by atoms with Crippen LogP contribution in [0.3, 0.4) is 0 Å². The van der Waals surface area contributed by atoms with Crippen molar-refractivity contribution in [2.45, 2.75) is 104 Å². The number of nitrogens with zero attached hydrogens (tertiary/aromatic N) is 2. The molecular weight excluding hydrogens is 498 g/mol. The minimum absolute atomic E-state index is 0.170. The third kappa shape index (κ3) is 5.90. The van der Waals surface area contributed by atoms with Gasteiger partial charge < -0.3 is 24.5 Å². The Bertz CT molecular complexity index is 899. The first kappa shape index (κ1) is 30.8. The monoisotopic (exact) mass is 561 g/mol. The van der Waals surface area contributed by atoms with Crippen molar-refractivity contribution in [3.8, 4) is 0 Å². The average Bonchev–Trinajstić information content (AvgIpc) is 3.25. The molecule has 6 heteroatoms. The Morgan fingerprint density at radius 2 is 1.60 bits per heavy atom. The van der Waals surface area contributed by atoms with Gasteiger partial charge in [0.25, 0.3) is 0 Å². The summed E-state index contributed by atoms with van der Waals surface area (Å²) in [5.41, 5.74) is 0.575. The van der Waals surface area contributed by atoms with Crippen molar-refractivity contribution in [2.75, 3.05) is 60.4 Å². The molecule has 1 aliphatic heterocycles. The molecule has 4 aliphatic carbocycles. The summed E-state index contributed by atoms with van der Waals surface area (Å²) in [5, 5.41) is 25.1. The number of nitrogens with one attached hydrogen (secondary N) is 1. The summed E-state index contributed by atoms with van der Waals surface area (Å²) in [5.74, 6) is 3.54. The van der Waals surface area contributed by atoms with Crippen LogP contribution in [0.4, 0.5) is 0 Å². The molecule has 5 aliphatic rings. The van der Waals surface area contributed by atoms with Gasteiger partial charge in [0.1, 0.15) is 26.2 Å². The topological polar surface area (TPSA) is 69.6 Å². The highest BCUT2D eigenvalue weighted by atomic mass is 16.3. The lowest BCUT2D eigenvalue weighted by Crippen LogP contribution is -2.62. The number of carbonyl (C=O) groups is 1. The zero-order valence-corrected chi connectivity index (χ0v) is 26.8. The minimum Gasteiger partial charge on any atom is -0.393 e. The number of amides is 1. The molecule has 0 spiro atoms. The number of hydrogen-bond acceptors (Lipinski definition) is 3. The van der Waals surface area contributed by atoms with Crippen LogP contribution >= 0.6 is 0 Å². The molecule has 4 saturated carbocycles. The Morgan fingerprint density at radius 1 is 0.925 bits per heavy atom. The second-order valence-electron chi connectivity index (χ2n) is 16.8. The van der Waals surface area contributed by atoms with E-state index in [4.69, 9.17) is 0 Å². The lowest BCUT2D eigenvalue weighted by molar-refractivity contribution is -1.01. The second kappa shape index (κ2) is 11.4. The first-order valence-electron chi connectivity index (χ1n) is 17.0. The minimum atomic E-state index is -0.210. The van der Waals surface area contributed by atoms with Gasteiger partial charge in [0.2, 0.25) is 5.91 Å². The summed E-state index contributed by atoms with van der Waals surface area (Å²) in [6.07, 6.45) is 11.1. The number of carbonyl (C=O) groups excluding carboxylic acids is 1. The number of hydrogen-bond donors (Lipinski definition) is 3. The molecule has 0 unspecified atom stereocenters. The van der Waals surface area contributed by atoms with Crippen LogP contribution in [0.15, 0.2) is 0 Å². The van der Waals surface area contributed by atoms with Crippen molar-refractivity contribution in [1.82, 2.24) is 5.32 Å². The largest absolute Gasteiger partial charge is 0.393 e. The van der Waals surface area contributed by atoms with Gasteiger partial charge in [-0.2, -0.15) is 0 Å². The molecule has 5 rings (SSSR count).